The van der Waals surface area contributed by atoms with Crippen molar-refractivity contribution in [2.75, 3.05) is 6.61 Å². The van der Waals surface area contributed by atoms with Gasteiger partial charge in [0.1, 0.15) is 17.3 Å². The Balaban J connectivity index is 1.58. The first-order valence-electron chi connectivity index (χ1n) is 14.2. The lowest BCUT2D eigenvalue weighted by Crippen LogP contribution is -2.38. The maximum absolute atomic E-state index is 14.1. The molecule has 0 amide bonds. The zero-order chi connectivity index (χ0) is 30.3. The Labute approximate surface area is 249 Å². The molecule has 218 valence electrons. The first-order valence-corrected chi connectivity index (χ1v) is 19.4. The molecule has 0 saturated carbocycles. The van der Waals surface area contributed by atoms with E-state index < -0.39 is 22.8 Å². The van der Waals surface area contributed by atoms with Gasteiger partial charge in [0, 0.05) is 32.7 Å². The molecule has 2 aromatic heterocycles. The molecule has 9 heteroatoms. The Morgan fingerprint density at radius 1 is 1.21 bits per heavy atom. The van der Waals surface area contributed by atoms with Crippen LogP contribution in [-0.2, 0) is 27.9 Å². The number of allylic oxidation sites excluding steroid dienone is 3. The van der Waals surface area contributed by atoms with E-state index in [0.717, 1.165) is 45.0 Å². The molecule has 42 heavy (non-hydrogen) atoms. The van der Waals surface area contributed by atoms with E-state index >= 15 is 0 Å². The molecule has 1 atom stereocenters. The molecule has 0 radical (unpaired) electrons. The molecule has 4 aromatic rings. The van der Waals surface area contributed by atoms with Crippen molar-refractivity contribution in [1.82, 2.24) is 13.5 Å². The van der Waals surface area contributed by atoms with Gasteiger partial charge in [-0.1, -0.05) is 68.2 Å². The van der Waals surface area contributed by atoms with E-state index in [9.17, 15) is 13.7 Å². The van der Waals surface area contributed by atoms with Gasteiger partial charge in [-0.25, -0.2) is 17.4 Å². The lowest BCUT2D eigenvalue weighted by molar-refractivity contribution is 0.0881. The molecule has 0 aliphatic heterocycles. The van der Waals surface area contributed by atoms with Crippen molar-refractivity contribution in [3.8, 4) is 6.07 Å². The fourth-order valence-corrected chi connectivity index (χ4v) is 8.05. The lowest BCUT2D eigenvalue weighted by Gasteiger charge is -2.28. The van der Waals surface area contributed by atoms with Gasteiger partial charge in [0.15, 0.2) is 0 Å². The number of fused-ring (bicyclic) bond motifs is 2. The Bertz CT molecular complexity index is 1900. The zero-order valence-electron chi connectivity index (χ0n) is 25.0. The Morgan fingerprint density at radius 3 is 2.69 bits per heavy atom. The van der Waals surface area contributed by atoms with E-state index in [-0.39, 0.29) is 0 Å². The Morgan fingerprint density at radius 2 is 2.00 bits per heavy atom. The minimum atomic E-state index is -3.79. The fourth-order valence-electron chi connectivity index (χ4n) is 5.54. The number of hydrogen-bond donors (Lipinski definition) is 0. The topological polar surface area (TPSA) is 89.9 Å². The maximum Gasteiger partial charge on any atom is 0.248 e. The summed E-state index contributed by atoms with van der Waals surface area (Å²) in [7, 11) is -5.04. The summed E-state index contributed by atoms with van der Waals surface area (Å²) in [5, 5.41) is 10.3. The minimum Gasteiger partial charge on any atom is -0.361 e. The van der Waals surface area contributed by atoms with Gasteiger partial charge in [-0.2, -0.15) is 5.26 Å². The molecule has 1 aliphatic rings. The molecule has 0 saturated heterocycles. The van der Waals surface area contributed by atoms with Crippen molar-refractivity contribution < 1.29 is 13.2 Å². The van der Waals surface area contributed by atoms with E-state index in [1.807, 2.05) is 49.4 Å². The number of nitrogens with zero attached hydrogens (tertiary/aromatic N) is 4. The zero-order valence-corrected chi connectivity index (χ0v) is 26.8. The van der Waals surface area contributed by atoms with Gasteiger partial charge in [0.25, 0.3) is 0 Å². The monoisotopic (exact) mass is 598 g/mol. The SMILES string of the molecule is C=Cc1ccc(Cc2nc3cc(C#N)ccc3n2COCC[Si](C)(C)C)c2ccn(S(=O)(=O)C3(C)C=C(C)C=CC3)c12. The van der Waals surface area contributed by atoms with E-state index in [2.05, 4.69) is 36.9 Å². The number of aromatic nitrogens is 3. The van der Waals surface area contributed by atoms with Crippen LogP contribution in [0.25, 0.3) is 28.0 Å². The third-order valence-electron chi connectivity index (χ3n) is 7.96. The van der Waals surface area contributed by atoms with Crippen LogP contribution in [0.4, 0.5) is 0 Å². The molecule has 0 bridgehead atoms. The molecule has 7 nitrogen and oxygen atoms in total. The van der Waals surface area contributed by atoms with Gasteiger partial charge in [-0.3, -0.25) is 0 Å². The summed E-state index contributed by atoms with van der Waals surface area (Å²) in [6, 6.07) is 14.6. The van der Waals surface area contributed by atoms with Crippen molar-refractivity contribution in [3.63, 3.8) is 0 Å². The van der Waals surface area contributed by atoms with Gasteiger partial charge in [0.05, 0.1) is 28.2 Å². The largest absolute Gasteiger partial charge is 0.361 e. The first-order chi connectivity index (χ1) is 19.9. The molecule has 2 heterocycles. The predicted octanol–water partition coefficient (Wildman–Crippen LogP) is 7.25. The summed E-state index contributed by atoms with van der Waals surface area (Å²) >= 11 is 0. The number of hydrogen-bond acceptors (Lipinski definition) is 5. The molecular weight excluding hydrogens is 561 g/mol. The summed E-state index contributed by atoms with van der Waals surface area (Å²) in [4.78, 5) is 4.92. The van der Waals surface area contributed by atoms with Crippen LogP contribution in [0, 0.1) is 11.3 Å². The number of benzene rings is 2. The standard InChI is InChI=1S/C33H38N4O3SSi/c1-7-26-11-12-27(28-14-16-37(32(26)28)41(38,39)33(3)15-8-9-24(2)21-33)20-31-35-29-19-25(22-34)10-13-30(29)36(31)23-40-17-18-42(4,5)6/h7-14,16,19,21H,1,15,17-18,20,23H2,2-6H3. The van der Waals surface area contributed by atoms with Gasteiger partial charge in [-0.15, -0.1) is 0 Å². The third kappa shape index (κ3) is 5.54. The number of nitriles is 1. The number of rotatable bonds is 10. The second kappa shape index (κ2) is 11.2. The van der Waals surface area contributed by atoms with Gasteiger partial charge >= 0.3 is 0 Å². The van der Waals surface area contributed by atoms with E-state index in [4.69, 9.17) is 9.72 Å². The highest BCUT2D eigenvalue weighted by molar-refractivity contribution is 7.91. The minimum absolute atomic E-state index is 0.350. The quantitative estimate of drug-likeness (QED) is 0.142. The molecule has 1 aliphatic carbocycles. The van der Waals surface area contributed by atoms with E-state index in [1.165, 1.54) is 3.97 Å². The molecule has 0 spiro atoms. The highest BCUT2D eigenvalue weighted by Gasteiger charge is 2.39. The van der Waals surface area contributed by atoms with Crippen LogP contribution < -0.4 is 0 Å². The van der Waals surface area contributed by atoms with Crippen LogP contribution in [0.1, 0.15) is 42.8 Å². The smallest absolute Gasteiger partial charge is 0.248 e. The van der Waals surface area contributed by atoms with Crippen molar-refractivity contribution >= 4 is 46.1 Å². The number of imidazole rings is 1. The molecule has 0 fully saturated rings. The number of ether oxygens (including phenoxy) is 1. The summed E-state index contributed by atoms with van der Waals surface area (Å²) in [5.74, 6) is 0.791. The average molecular weight is 599 g/mol. The molecule has 1 unspecified atom stereocenters. The summed E-state index contributed by atoms with van der Waals surface area (Å²) in [6.07, 6.45) is 9.95. The normalized spacial score (nSPS) is 17.5. The lowest BCUT2D eigenvalue weighted by atomic mass is 9.98. The highest BCUT2D eigenvalue weighted by Crippen LogP contribution is 2.36. The van der Waals surface area contributed by atoms with Gasteiger partial charge in [-0.05, 0) is 61.7 Å². The van der Waals surface area contributed by atoms with Gasteiger partial charge in [0.2, 0.25) is 10.0 Å². The Hall–Kier alpha value is -3.71. The van der Waals surface area contributed by atoms with Crippen LogP contribution in [0.2, 0.25) is 25.7 Å². The Kier molecular flexibility index (Phi) is 7.92. The van der Waals surface area contributed by atoms with E-state index in [1.54, 1.807) is 31.3 Å². The molecule has 5 rings (SSSR count). The van der Waals surface area contributed by atoms with Crippen LogP contribution in [-0.4, -0.2) is 41.4 Å². The van der Waals surface area contributed by atoms with E-state index in [0.29, 0.717) is 37.3 Å². The van der Waals surface area contributed by atoms with Crippen LogP contribution in [0.3, 0.4) is 0 Å². The summed E-state index contributed by atoms with van der Waals surface area (Å²) in [5.41, 5.74) is 5.43. The molecule has 0 N–H and O–H groups in total. The maximum atomic E-state index is 14.1. The van der Waals surface area contributed by atoms with Crippen molar-refractivity contribution in [2.24, 2.45) is 0 Å². The average Bonchev–Trinajstić information content (AvgIpc) is 3.53. The van der Waals surface area contributed by atoms with Crippen molar-refractivity contribution in [3.05, 3.63) is 95.5 Å². The molecule has 2 aromatic carbocycles. The molecular formula is C33H38N4O3SSi. The van der Waals surface area contributed by atoms with Crippen LogP contribution in [0.15, 0.2) is 73.0 Å². The second-order valence-corrected chi connectivity index (χ2v) is 20.4. The fraction of sp³-hybridized carbons (Fsp3) is 0.333. The summed E-state index contributed by atoms with van der Waals surface area (Å²) < 4.78 is 36.8. The summed E-state index contributed by atoms with van der Waals surface area (Å²) in [6.45, 7) is 15.7. The van der Waals surface area contributed by atoms with Crippen LogP contribution >= 0.6 is 0 Å². The van der Waals surface area contributed by atoms with Crippen molar-refractivity contribution in [2.45, 2.75) is 63.9 Å². The van der Waals surface area contributed by atoms with Crippen LogP contribution in [0.5, 0.6) is 0 Å². The first kappa shape index (κ1) is 29.8. The highest BCUT2D eigenvalue weighted by atomic mass is 32.2. The van der Waals surface area contributed by atoms with Gasteiger partial charge < -0.3 is 9.30 Å². The second-order valence-electron chi connectivity index (χ2n) is 12.5. The van der Waals surface area contributed by atoms with Crippen molar-refractivity contribution in [1.29, 1.82) is 5.26 Å². The predicted molar refractivity (Wildman–Crippen MR) is 174 cm³/mol. The third-order valence-corrected chi connectivity index (χ3v) is 12.0.